The Hall–Kier alpha value is -2.39. The molecule has 2 aromatic carbocycles. The van der Waals surface area contributed by atoms with Crippen molar-refractivity contribution in [3.63, 3.8) is 0 Å². The summed E-state index contributed by atoms with van der Waals surface area (Å²) in [6.07, 6.45) is 0. The number of amides is 1. The quantitative estimate of drug-likeness (QED) is 0.883. The first-order chi connectivity index (χ1) is 9.51. The lowest BCUT2D eigenvalue weighted by Crippen LogP contribution is -2.12. The van der Waals surface area contributed by atoms with E-state index in [2.05, 4.69) is 21.2 Å². The Morgan fingerprint density at radius 1 is 1.30 bits per heavy atom. The first kappa shape index (κ1) is 14.0. The zero-order chi connectivity index (χ0) is 14.7. The third-order valence-corrected chi connectivity index (χ3v) is 3.21. The molecule has 1 amide bonds. The highest BCUT2D eigenvalue weighted by Crippen LogP contribution is 2.25. The Bertz CT molecular complexity index is 726. The number of anilines is 1. The van der Waals surface area contributed by atoms with Crippen LogP contribution in [0.2, 0.25) is 0 Å². The van der Waals surface area contributed by atoms with Crippen LogP contribution >= 0.6 is 15.9 Å². The number of phenols is 1. The molecule has 0 spiro atoms. The topological polar surface area (TPSA) is 73.1 Å². The van der Waals surface area contributed by atoms with Gasteiger partial charge in [0.1, 0.15) is 11.6 Å². The van der Waals surface area contributed by atoms with Crippen molar-refractivity contribution in [1.82, 2.24) is 0 Å². The lowest BCUT2D eigenvalue weighted by Gasteiger charge is -2.08. The number of nitrogens with one attached hydrogen (secondary N) is 1. The number of aromatic hydroxyl groups is 1. The summed E-state index contributed by atoms with van der Waals surface area (Å²) in [6.45, 7) is 0. The van der Waals surface area contributed by atoms with Gasteiger partial charge >= 0.3 is 0 Å². The molecule has 0 atom stereocenters. The van der Waals surface area contributed by atoms with Gasteiger partial charge in [-0.3, -0.25) is 4.79 Å². The molecule has 0 unspecified atom stereocenters. The molecule has 4 nitrogen and oxygen atoms in total. The molecule has 0 saturated heterocycles. The third-order valence-electron chi connectivity index (χ3n) is 2.55. The Morgan fingerprint density at radius 2 is 2.05 bits per heavy atom. The van der Waals surface area contributed by atoms with Crippen LogP contribution in [0.25, 0.3) is 0 Å². The molecule has 100 valence electrons. The average molecular weight is 335 g/mol. The van der Waals surface area contributed by atoms with Crippen molar-refractivity contribution in [2.45, 2.75) is 0 Å². The van der Waals surface area contributed by atoms with Crippen molar-refractivity contribution in [3.05, 3.63) is 57.8 Å². The van der Waals surface area contributed by atoms with Crippen LogP contribution in [0.1, 0.15) is 15.9 Å². The molecule has 0 radical (unpaired) electrons. The number of nitriles is 1. The number of hydrogen-bond acceptors (Lipinski definition) is 3. The summed E-state index contributed by atoms with van der Waals surface area (Å²) >= 11 is 3.23. The molecule has 2 rings (SSSR count). The number of hydrogen-bond donors (Lipinski definition) is 2. The van der Waals surface area contributed by atoms with E-state index in [4.69, 9.17) is 5.26 Å². The predicted molar refractivity (Wildman–Crippen MR) is 74.9 cm³/mol. The standard InChI is InChI=1S/C14H8BrFN2O2/c15-11-5-8(7-17)1-4-12(11)18-14(20)10-3-2-9(16)6-13(10)19/h1-6,19H,(H,18,20). The maximum Gasteiger partial charge on any atom is 0.259 e. The fourth-order valence-corrected chi connectivity index (χ4v) is 2.05. The first-order valence-electron chi connectivity index (χ1n) is 5.51. The van der Waals surface area contributed by atoms with Gasteiger partial charge in [-0.05, 0) is 46.3 Å². The molecule has 20 heavy (non-hydrogen) atoms. The van der Waals surface area contributed by atoms with E-state index in [-0.39, 0.29) is 5.56 Å². The van der Waals surface area contributed by atoms with E-state index in [0.717, 1.165) is 12.1 Å². The molecule has 0 aliphatic rings. The van der Waals surface area contributed by atoms with Crippen LogP contribution in [0.4, 0.5) is 10.1 Å². The predicted octanol–water partition coefficient (Wildman–Crippen LogP) is 3.42. The van der Waals surface area contributed by atoms with Crippen molar-refractivity contribution in [2.75, 3.05) is 5.32 Å². The zero-order valence-electron chi connectivity index (χ0n) is 10.0. The van der Waals surface area contributed by atoms with Gasteiger partial charge in [-0.2, -0.15) is 5.26 Å². The third kappa shape index (κ3) is 2.95. The number of halogens is 2. The fourth-order valence-electron chi connectivity index (χ4n) is 1.57. The summed E-state index contributed by atoms with van der Waals surface area (Å²) in [7, 11) is 0. The van der Waals surface area contributed by atoms with Crippen molar-refractivity contribution in [1.29, 1.82) is 5.26 Å². The molecule has 2 aromatic rings. The van der Waals surface area contributed by atoms with Crippen LogP contribution in [0.5, 0.6) is 5.75 Å². The molecule has 0 fully saturated rings. The second kappa shape index (κ2) is 5.72. The van der Waals surface area contributed by atoms with E-state index >= 15 is 0 Å². The Morgan fingerprint density at radius 3 is 2.65 bits per heavy atom. The van der Waals surface area contributed by atoms with E-state index in [1.54, 1.807) is 18.2 Å². The van der Waals surface area contributed by atoms with E-state index < -0.39 is 17.5 Å². The van der Waals surface area contributed by atoms with Gasteiger partial charge in [0.25, 0.3) is 5.91 Å². The molecule has 0 aromatic heterocycles. The number of rotatable bonds is 2. The summed E-state index contributed by atoms with van der Waals surface area (Å²) in [4.78, 5) is 12.0. The molecule has 0 aliphatic carbocycles. The molecule has 0 aliphatic heterocycles. The lowest BCUT2D eigenvalue weighted by atomic mass is 10.1. The molecule has 0 heterocycles. The van der Waals surface area contributed by atoms with Gasteiger partial charge in [0.2, 0.25) is 0 Å². The largest absolute Gasteiger partial charge is 0.507 e. The van der Waals surface area contributed by atoms with Gasteiger partial charge in [0, 0.05) is 10.5 Å². The fraction of sp³-hybridized carbons (Fsp3) is 0. The molecular formula is C14H8BrFN2O2. The highest BCUT2D eigenvalue weighted by molar-refractivity contribution is 9.10. The number of carbonyl (C=O) groups excluding carboxylic acids is 1. The highest BCUT2D eigenvalue weighted by Gasteiger charge is 2.13. The second-order valence-electron chi connectivity index (χ2n) is 3.92. The van der Waals surface area contributed by atoms with Gasteiger partial charge in [-0.25, -0.2) is 4.39 Å². The zero-order valence-corrected chi connectivity index (χ0v) is 11.6. The van der Waals surface area contributed by atoms with Crippen molar-refractivity contribution in [3.8, 4) is 11.8 Å². The van der Waals surface area contributed by atoms with Crippen molar-refractivity contribution < 1.29 is 14.3 Å². The first-order valence-corrected chi connectivity index (χ1v) is 6.30. The van der Waals surface area contributed by atoms with Gasteiger partial charge in [-0.1, -0.05) is 0 Å². The number of nitrogens with zero attached hydrogens (tertiary/aromatic N) is 1. The molecular weight excluding hydrogens is 327 g/mol. The summed E-state index contributed by atoms with van der Waals surface area (Å²) < 4.78 is 13.4. The van der Waals surface area contributed by atoms with Crippen LogP contribution in [0, 0.1) is 17.1 Å². The molecule has 2 N–H and O–H groups in total. The van der Waals surface area contributed by atoms with Crippen LogP contribution in [-0.2, 0) is 0 Å². The van der Waals surface area contributed by atoms with Gasteiger partial charge < -0.3 is 10.4 Å². The Balaban J connectivity index is 2.26. The van der Waals surface area contributed by atoms with Crippen molar-refractivity contribution in [2.24, 2.45) is 0 Å². The molecule has 6 heteroatoms. The second-order valence-corrected chi connectivity index (χ2v) is 4.78. The summed E-state index contributed by atoms with van der Waals surface area (Å²) in [5.41, 5.74) is 0.847. The number of benzene rings is 2. The minimum absolute atomic E-state index is 0.0392. The van der Waals surface area contributed by atoms with Gasteiger partial charge in [0.15, 0.2) is 0 Å². The summed E-state index contributed by atoms with van der Waals surface area (Å²) in [5.74, 6) is -1.64. The number of carbonyl (C=O) groups is 1. The lowest BCUT2D eigenvalue weighted by molar-refractivity contribution is 0.102. The van der Waals surface area contributed by atoms with E-state index in [1.807, 2.05) is 6.07 Å². The van der Waals surface area contributed by atoms with Crippen LogP contribution in [0.3, 0.4) is 0 Å². The smallest absolute Gasteiger partial charge is 0.259 e. The van der Waals surface area contributed by atoms with Crippen LogP contribution < -0.4 is 5.32 Å². The van der Waals surface area contributed by atoms with Crippen LogP contribution in [-0.4, -0.2) is 11.0 Å². The molecule has 0 saturated carbocycles. The summed E-state index contributed by atoms with van der Waals surface area (Å²) in [5, 5.41) is 20.8. The maximum absolute atomic E-state index is 12.9. The SMILES string of the molecule is N#Cc1ccc(NC(=O)c2ccc(F)cc2O)c(Br)c1. The van der Waals surface area contributed by atoms with E-state index in [9.17, 15) is 14.3 Å². The van der Waals surface area contributed by atoms with Gasteiger partial charge in [0.05, 0.1) is 22.9 Å². The van der Waals surface area contributed by atoms with Crippen molar-refractivity contribution >= 4 is 27.5 Å². The Labute approximate surface area is 122 Å². The normalized spacial score (nSPS) is 9.85. The average Bonchev–Trinajstić information content (AvgIpc) is 2.40. The Kier molecular flexibility index (Phi) is 4.01. The number of phenolic OH excluding ortho intramolecular Hbond substituents is 1. The van der Waals surface area contributed by atoms with Crippen LogP contribution in [0.15, 0.2) is 40.9 Å². The highest BCUT2D eigenvalue weighted by atomic mass is 79.9. The van der Waals surface area contributed by atoms with E-state index in [0.29, 0.717) is 15.7 Å². The summed E-state index contributed by atoms with van der Waals surface area (Å²) in [6, 6.07) is 9.77. The molecule has 0 bridgehead atoms. The minimum Gasteiger partial charge on any atom is -0.507 e. The monoisotopic (exact) mass is 334 g/mol. The maximum atomic E-state index is 12.9. The van der Waals surface area contributed by atoms with Gasteiger partial charge in [-0.15, -0.1) is 0 Å². The minimum atomic E-state index is -0.626. The van der Waals surface area contributed by atoms with E-state index in [1.165, 1.54) is 6.07 Å².